The van der Waals surface area contributed by atoms with Crippen LogP contribution in [0.2, 0.25) is 10.0 Å². The second-order valence-corrected chi connectivity index (χ2v) is 7.16. The predicted molar refractivity (Wildman–Crippen MR) is 103 cm³/mol. The molecule has 1 aromatic carbocycles. The van der Waals surface area contributed by atoms with Crippen molar-refractivity contribution in [2.75, 3.05) is 33.4 Å². The second-order valence-electron chi connectivity index (χ2n) is 5.99. The highest BCUT2D eigenvalue weighted by atomic mass is 35.5. The second kappa shape index (κ2) is 7.50. The maximum absolute atomic E-state index is 13.2. The summed E-state index contributed by atoms with van der Waals surface area (Å²) in [5.74, 6) is -0.0382. The standard InChI is InChI=1S/C17H19Cl2N3O2S/c1-10-13(16(23)22-6-8-24-9-7-22)15(20-17(25)21(10)2)11-4-3-5-12(18)14(11)19/h3-5,15H,6-9H2,1-2H3,(H,20,25). The van der Waals surface area contributed by atoms with Crippen LogP contribution in [0.4, 0.5) is 0 Å². The molecule has 5 nitrogen and oxygen atoms in total. The molecule has 1 atom stereocenters. The molecule has 3 rings (SSSR count). The summed E-state index contributed by atoms with van der Waals surface area (Å²) in [7, 11) is 1.84. The first-order chi connectivity index (χ1) is 11.9. The van der Waals surface area contributed by atoms with E-state index in [-0.39, 0.29) is 5.91 Å². The van der Waals surface area contributed by atoms with E-state index in [9.17, 15) is 4.79 Å². The van der Waals surface area contributed by atoms with Crippen LogP contribution in [0.5, 0.6) is 0 Å². The minimum absolute atomic E-state index is 0.0382. The minimum Gasteiger partial charge on any atom is -0.378 e. The van der Waals surface area contributed by atoms with E-state index in [2.05, 4.69) is 5.32 Å². The van der Waals surface area contributed by atoms with Crippen molar-refractivity contribution in [2.24, 2.45) is 0 Å². The Bertz CT molecular complexity index is 747. The van der Waals surface area contributed by atoms with E-state index >= 15 is 0 Å². The topological polar surface area (TPSA) is 44.8 Å². The maximum atomic E-state index is 13.2. The molecule has 0 bridgehead atoms. The smallest absolute Gasteiger partial charge is 0.254 e. The number of benzene rings is 1. The highest BCUT2D eigenvalue weighted by molar-refractivity contribution is 7.80. The number of hydrogen-bond acceptors (Lipinski definition) is 3. The lowest BCUT2D eigenvalue weighted by molar-refractivity contribution is -0.131. The van der Waals surface area contributed by atoms with E-state index < -0.39 is 6.04 Å². The zero-order valence-corrected chi connectivity index (χ0v) is 16.3. The number of morpholine rings is 1. The van der Waals surface area contributed by atoms with Gasteiger partial charge in [0.05, 0.1) is 34.9 Å². The molecule has 1 aromatic rings. The van der Waals surface area contributed by atoms with Gasteiger partial charge in [-0.05, 0) is 30.8 Å². The zero-order valence-electron chi connectivity index (χ0n) is 14.0. The SMILES string of the molecule is CC1=C(C(=O)N2CCOCC2)C(c2cccc(Cl)c2Cl)NC(=S)N1C. The maximum Gasteiger partial charge on any atom is 0.254 e. The summed E-state index contributed by atoms with van der Waals surface area (Å²) in [4.78, 5) is 16.8. The number of nitrogens with one attached hydrogen (secondary N) is 1. The monoisotopic (exact) mass is 399 g/mol. The van der Waals surface area contributed by atoms with Gasteiger partial charge in [0.2, 0.25) is 0 Å². The molecule has 0 saturated carbocycles. The largest absolute Gasteiger partial charge is 0.378 e. The number of ether oxygens (including phenoxy) is 1. The molecule has 1 amide bonds. The molecule has 2 aliphatic heterocycles. The molecule has 1 N–H and O–H groups in total. The van der Waals surface area contributed by atoms with Crippen LogP contribution in [0, 0.1) is 0 Å². The molecule has 1 unspecified atom stereocenters. The number of nitrogens with zero attached hydrogens (tertiary/aromatic N) is 2. The summed E-state index contributed by atoms with van der Waals surface area (Å²) in [5, 5.41) is 4.64. The third kappa shape index (κ3) is 3.49. The number of halogens is 2. The first-order valence-electron chi connectivity index (χ1n) is 7.97. The Morgan fingerprint density at radius 1 is 1.32 bits per heavy atom. The number of allylic oxidation sites excluding steroid dienone is 1. The van der Waals surface area contributed by atoms with Crippen LogP contribution in [0.15, 0.2) is 29.5 Å². The highest BCUT2D eigenvalue weighted by Gasteiger charge is 2.36. The molecular weight excluding hydrogens is 381 g/mol. The summed E-state index contributed by atoms with van der Waals surface area (Å²) in [6.07, 6.45) is 0. The summed E-state index contributed by atoms with van der Waals surface area (Å²) in [5.41, 5.74) is 2.17. The number of thiocarbonyl (C=S) groups is 1. The van der Waals surface area contributed by atoms with Gasteiger partial charge in [0.1, 0.15) is 0 Å². The van der Waals surface area contributed by atoms with Crippen molar-refractivity contribution in [3.63, 3.8) is 0 Å². The lowest BCUT2D eigenvalue weighted by Crippen LogP contribution is -2.50. The lowest BCUT2D eigenvalue weighted by Gasteiger charge is -2.38. The third-order valence-electron chi connectivity index (χ3n) is 4.58. The van der Waals surface area contributed by atoms with E-state index in [1.807, 2.05) is 26.1 Å². The molecule has 1 fully saturated rings. The molecular formula is C17H19Cl2N3O2S. The van der Waals surface area contributed by atoms with E-state index in [0.717, 1.165) is 11.3 Å². The van der Waals surface area contributed by atoms with Crippen LogP contribution >= 0.6 is 35.4 Å². The van der Waals surface area contributed by atoms with Crippen LogP contribution in [-0.4, -0.2) is 54.2 Å². The number of carbonyl (C=O) groups is 1. The highest BCUT2D eigenvalue weighted by Crippen LogP contribution is 2.37. The van der Waals surface area contributed by atoms with Gasteiger partial charge in [0.15, 0.2) is 5.11 Å². The summed E-state index contributed by atoms with van der Waals surface area (Å²) in [6.45, 7) is 4.12. The molecule has 8 heteroatoms. The Morgan fingerprint density at radius 3 is 2.68 bits per heavy atom. The minimum atomic E-state index is -0.440. The molecule has 0 aliphatic carbocycles. The van der Waals surface area contributed by atoms with Crippen molar-refractivity contribution in [1.29, 1.82) is 0 Å². The molecule has 1 saturated heterocycles. The first-order valence-corrected chi connectivity index (χ1v) is 9.14. The Kier molecular flexibility index (Phi) is 5.53. The Labute approximate surface area is 162 Å². The van der Waals surface area contributed by atoms with Crippen LogP contribution < -0.4 is 5.32 Å². The molecule has 0 aromatic heterocycles. The Hall–Kier alpha value is -1.34. The first kappa shape index (κ1) is 18.5. The van der Waals surface area contributed by atoms with Crippen LogP contribution in [0.1, 0.15) is 18.5 Å². The van der Waals surface area contributed by atoms with Crippen molar-refractivity contribution in [2.45, 2.75) is 13.0 Å². The van der Waals surface area contributed by atoms with Gasteiger partial charge in [-0.15, -0.1) is 0 Å². The fourth-order valence-electron chi connectivity index (χ4n) is 3.03. The number of hydrogen-bond donors (Lipinski definition) is 1. The average Bonchev–Trinajstić information content (AvgIpc) is 2.62. The van der Waals surface area contributed by atoms with E-state index in [0.29, 0.717) is 47.0 Å². The van der Waals surface area contributed by atoms with E-state index in [1.165, 1.54) is 0 Å². The molecule has 2 aliphatic rings. The van der Waals surface area contributed by atoms with Gasteiger partial charge >= 0.3 is 0 Å². The molecule has 134 valence electrons. The van der Waals surface area contributed by atoms with Gasteiger partial charge in [-0.1, -0.05) is 35.3 Å². The molecule has 0 spiro atoms. The van der Waals surface area contributed by atoms with Gasteiger partial charge in [0.25, 0.3) is 5.91 Å². The molecule has 0 radical (unpaired) electrons. The van der Waals surface area contributed by atoms with Crippen molar-refractivity contribution < 1.29 is 9.53 Å². The van der Waals surface area contributed by atoms with Crippen LogP contribution in [0.25, 0.3) is 0 Å². The summed E-state index contributed by atoms with van der Waals surface area (Å²) in [6, 6.07) is 4.96. The van der Waals surface area contributed by atoms with Crippen molar-refractivity contribution in [3.8, 4) is 0 Å². The van der Waals surface area contributed by atoms with Crippen molar-refractivity contribution >= 4 is 46.4 Å². The number of carbonyl (C=O) groups excluding carboxylic acids is 1. The Balaban J connectivity index is 2.07. The van der Waals surface area contributed by atoms with E-state index in [1.54, 1.807) is 15.9 Å². The van der Waals surface area contributed by atoms with Crippen molar-refractivity contribution in [3.05, 3.63) is 45.1 Å². The van der Waals surface area contributed by atoms with Crippen LogP contribution in [-0.2, 0) is 9.53 Å². The fraction of sp³-hybridized carbons (Fsp3) is 0.412. The van der Waals surface area contributed by atoms with Crippen molar-refractivity contribution in [1.82, 2.24) is 15.1 Å². The van der Waals surface area contributed by atoms with Crippen LogP contribution in [0.3, 0.4) is 0 Å². The normalized spacial score (nSPS) is 21.4. The lowest BCUT2D eigenvalue weighted by atomic mass is 9.94. The zero-order chi connectivity index (χ0) is 18.1. The van der Waals surface area contributed by atoms with Gasteiger partial charge in [-0.25, -0.2) is 0 Å². The van der Waals surface area contributed by atoms with Gasteiger partial charge in [0, 0.05) is 25.8 Å². The third-order valence-corrected chi connectivity index (χ3v) is 5.80. The fourth-order valence-corrected chi connectivity index (χ4v) is 3.70. The summed E-state index contributed by atoms with van der Waals surface area (Å²) < 4.78 is 5.35. The molecule has 25 heavy (non-hydrogen) atoms. The quantitative estimate of drug-likeness (QED) is 0.774. The number of amides is 1. The Morgan fingerprint density at radius 2 is 2.00 bits per heavy atom. The number of rotatable bonds is 2. The molecule has 2 heterocycles. The predicted octanol–water partition coefficient (Wildman–Crippen LogP) is 2.99. The van der Waals surface area contributed by atoms with Gasteiger partial charge in [-0.3, -0.25) is 4.79 Å². The van der Waals surface area contributed by atoms with Gasteiger partial charge < -0.3 is 19.9 Å². The summed E-state index contributed by atoms with van der Waals surface area (Å²) >= 11 is 18.0. The van der Waals surface area contributed by atoms with E-state index in [4.69, 9.17) is 40.2 Å². The average molecular weight is 400 g/mol. The van der Waals surface area contributed by atoms with Gasteiger partial charge in [-0.2, -0.15) is 0 Å².